The fourth-order valence-corrected chi connectivity index (χ4v) is 2.68. The lowest BCUT2D eigenvalue weighted by Crippen LogP contribution is -2.35. The van der Waals surface area contributed by atoms with Gasteiger partial charge >= 0.3 is 5.97 Å². The first-order chi connectivity index (χ1) is 11.8. The third-order valence-electron chi connectivity index (χ3n) is 3.96. The first-order valence-corrected chi connectivity index (χ1v) is 8.04. The van der Waals surface area contributed by atoms with E-state index in [-0.39, 0.29) is 17.4 Å². The number of ketones is 1. The Bertz CT molecular complexity index is 793. The van der Waals surface area contributed by atoms with Crippen LogP contribution in [-0.2, 0) is 16.1 Å². The molecule has 25 heavy (non-hydrogen) atoms. The van der Waals surface area contributed by atoms with Crippen LogP contribution >= 0.6 is 0 Å². The van der Waals surface area contributed by atoms with Crippen LogP contribution in [-0.4, -0.2) is 28.7 Å². The number of nitrogens with one attached hydrogen (secondary N) is 2. The highest BCUT2D eigenvalue weighted by Crippen LogP contribution is 2.19. The molecule has 0 saturated carbocycles. The molecule has 0 aliphatic carbocycles. The van der Waals surface area contributed by atoms with Crippen molar-refractivity contribution in [3.05, 3.63) is 58.4 Å². The van der Waals surface area contributed by atoms with Crippen molar-refractivity contribution in [2.24, 2.45) is 0 Å². The van der Waals surface area contributed by atoms with E-state index in [1.54, 1.807) is 13.8 Å². The Morgan fingerprint density at radius 2 is 1.80 bits per heavy atom. The molecular weight excluding hydrogens is 320 g/mol. The Balaban J connectivity index is 1.99. The summed E-state index contributed by atoms with van der Waals surface area (Å²) in [6, 6.07) is 9.45. The molecule has 1 atom stereocenters. The maximum absolute atomic E-state index is 12.3. The van der Waals surface area contributed by atoms with Crippen molar-refractivity contribution in [2.75, 3.05) is 0 Å². The minimum absolute atomic E-state index is 0.126. The van der Waals surface area contributed by atoms with Gasteiger partial charge in [-0.15, -0.1) is 0 Å². The molecule has 0 aliphatic heterocycles. The van der Waals surface area contributed by atoms with Gasteiger partial charge < -0.3 is 15.0 Å². The predicted octanol–water partition coefficient (Wildman–Crippen LogP) is 2.70. The number of hydrogen-bond acceptors (Lipinski definition) is 4. The summed E-state index contributed by atoms with van der Waals surface area (Å²) in [4.78, 5) is 38.9. The van der Waals surface area contributed by atoms with Crippen LogP contribution in [0.4, 0.5) is 0 Å². The third-order valence-corrected chi connectivity index (χ3v) is 3.96. The van der Waals surface area contributed by atoms with Crippen LogP contribution in [0.25, 0.3) is 0 Å². The number of benzene rings is 1. The van der Waals surface area contributed by atoms with E-state index in [1.807, 2.05) is 30.3 Å². The van der Waals surface area contributed by atoms with Gasteiger partial charge in [-0.2, -0.15) is 0 Å². The molecule has 0 spiro atoms. The van der Waals surface area contributed by atoms with Gasteiger partial charge in [0.15, 0.2) is 11.9 Å². The Morgan fingerprint density at radius 1 is 1.16 bits per heavy atom. The van der Waals surface area contributed by atoms with Crippen LogP contribution in [0.1, 0.15) is 51.5 Å². The van der Waals surface area contributed by atoms with Gasteiger partial charge in [0.2, 0.25) is 0 Å². The number of rotatable bonds is 6. The number of esters is 1. The van der Waals surface area contributed by atoms with Crippen LogP contribution in [0.15, 0.2) is 30.3 Å². The average molecular weight is 342 g/mol. The molecule has 1 heterocycles. The van der Waals surface area contributed by atoms with Gasteiger partial charge in [0.05, 0.1) is 0 Å². The number of Topliss-reactive ketones (excluding diaryl/α,β-unsaturated/α-hetero) is 1. The second-order valence-corrected chi connectivity index (χ2v) is 5.93. The number of carbonyl (C=O) groups is 3. The molecule has 6 heteroatoms. The first-order valence-electron chi connectivity index (χ1n) is 8.04. The molecule has 1 aromatic carbocycles. The summed E-state index contributed by atoms with van der Waals surface area (Å²) < 4.78 is 5.22. The molecule has 132 valence electrons. The number of aromatic nitrogens is 1. The highest BCUT2D eigenvalue weighted by Gasteiger charge is 2.24. The zero-order valence-corrected chi connectivity index (χ0v) is 14.8. The zero-order chi connectivity index (χ0) is 18.6. The Morgan fingerprint density at radius 3 is 2.36 bits per heavy atom. The smallest absolute Gasteiger partial charge is 0.355 e. The van der Waals surface area contributed by atoms with E-state index in [9.17, 15) is 14.4 Å². The van der Waals surface area contributed by atoms with Crippen LogP contribution in [0.5, 0.6) is 0 Å². The van der Waals surface area contributed by atoms with Gasteiger partial charge in [-0.25, -0.2) is 4.79 Å². The maximum Gasteiger partial charge on any atom is 0.355 e. The van der Waals surface area contributed by atoms with Crippen molar-refractivity contribution in [3.8, 4) is 0 Å². The molecule has 1 amide bonds. The van der Waals surface area contributed by atoms with Gasteiger partial charge in [0.1, 0.15) is 5.69 Å². The van der Waals surface area contributed by atoms with Crippen LogP contribution in [0.3, 0.4) is 0 Å². The molecule has 2 aromatic rings. The monoisotopic (exact) mass is 342 g/mol. The Kier molecular flexibility index (Phi) is 5.75. The van der Waals surface area contributed by atoms with Crippen molar-refractivity contribution >= 4 is 17.7 Å². The Hall–Kier alpha value is -2.89. The van der Waals surface area contributed by atoms with E-state index in [0.717, 1.165) is 5.56 Å². The number of H-pyrrole nitrogens is 1. The molecular formula is C19H22N2O4. The quantitative estimate of drug-likeness (QED) is 0.624. The summed E-state index contributed by atoms with van der Waals surface area (Å²) in [7, 11) is 0. The van der Waals surface area contributed by atoms with Gasteiger partial charge in [-0.3, -0.25) is 9.59 Å². The molecule has 0 fully saturated rings. The standard InChI is InChI=1S/C19H22N2O4/c1-11-16(13(3)22)12(2)21-17(11)19(24)25-14(4)18(23)20-10-15-8-6-5-7-9-15/h5-9,14,21H,10H2,1-4H3,(H,20,23). The van der Waals surface area contributed by atoms with E-state index in [4.69, 9.17) is 4.74 Å². The van der Waals surface area contributed by atoms with Crippen molar-refractivity contribution in [1.29, 1.82) is 0 Å². The largest absolute Gasteiger partial charge is 0.448 e. The molecule has 1 unspecified atom stereocenters. The van der Waals surface area contributed by atoms with Gasteiger partial charge in [-0.05, 0) is 38.8 Å². The SMILES string of the molecule is CC(=O)c1c(C)[nH]c(C(=O)OC(C)C(=O)NCc2ccccc2)c1C. The number of ether oxygens (including phenoxy) is 1. The molecule has 0 radical (unpaired) electrons. The van der Waals surface area contributed by atoms with Crippen LogP contribution in [0.2, 0.25) is 0 Å². The predicted molar refractivity (Wildman–Crippen MR) is 93.4 cm³/mol. The lowest BCUT2D eigenvalue weighted by Gasteiger charge is -2.13. The molecule has 1 aromatic heterocycles. The second kappa shape index (κ2) is 7.79. The van der Waals surface area contributed by atoms with Crippen molar-refractivity contribution < 1.29 is 19.1 Å². The summed E-state index contributed by atoms with van der Waals surface area (Å²) in [6.07, 6.45) is -0.944. The molecule has 0 aliphatic rings. The fraction of sp³-hybridized carbons (Fsp3) is 0.316. The second-order valence-electron chi connectivity index (χ2n) is 5.93. The number of aromatic amines is 1. The van der Waals surface area contributed by atoms with Gasteiger partial charge in [0.25, 0.3) is 5.91 Å². The van der Waals surface area contributed by atoms with Gasteiger partial charge in [0, 0.05) is 17.8 Å². The summed E-state index contributed by atoms with van der Waals surface area (Å²) in [6.45, 7) is 6.71. The van der Waals surface area contributed by atoms with E-state index < -0.39 is 12.1 Å². The summed E-state index contributed by atoms with van der Waals surface area (Å²) in [5.41, 5.74) is 2.78. The molecule has 6 nitrogen and oxygen atoms in total. The van der Waals surface area contributed by atoms with Crippen LogP contribution in [0, 0.1) is 13.8 Å². The minimum Gasteiger partial charge on any atom is -0.448 e. The summed E-state index contributed by atoms with van der Waals surface area (Å²) in [5.74, 6) is -1.17. The maximum atomic E-state index is 12.3. The molecule has 0 bridgehead atoms. The van der Waals surface area contributed by atoms with Crippen molar-refractivity contribution in [2.45, 2.75) is 40.3 Å². The first kappa shape index (κ1) is 18.4. The summed E-state index contributed by atoms with van der Waals surface area (Å²) >= 11 is 0. The fourth-order valence-electron chi connectivity index (χ4n) is 2.68. The van der Waals surface area contributed by atoms with E-state index in [2.05, 4.69) is 10.3 Å². The Labute approximate surface area is 146 Å². The lowest BCUT2D eigenvalue weighted by atomic mass is 10.1. The number of carbonyl (C=O) groups excluding carboxylic acids is 3. The van der Waals surface area contributed by atoms with Crippen molar-refractivity contribution in [1.82, 2.24) is 10.3 Å². The number of hydrogen-bond donors (Lipinski definition) is 2. The summed E-state index contributed by atoms with van der Waals surface area (Å²) in [5, 5.41) is 2.72. The number of aryl methyl sites for hydroxylation is 1. The van der Waals surface area contributed by atoms with E-state index in [1.165, 1.54) is 13.8 Å². The lowest BCUT2D eigenvalue weighted by molar-refractivity contribution is -0.129. The average Bonchev–Trinajstić information content (AvgIpc) is 2.88. The van der Waals surface area contributed by atoms with Gasteiger partial charge in [-0.1, -0.05) is 30.3 Å². The molecule has 2 N–H and O–H groups in total. The van der Waals surface area contributed by atoms with Crippen LogP contribution < -0.4 is 5.32 Å². The molecule has 2 rings (SSSR count). The highest BCUT2D eigenvalue weighted by molar-refractivity contribution is 6.01. The van der Waals surface area contributed by atoms with E-state index in [0.29, 0.717) is 23.4 Å². The molecule has 0 saturated heterocycles. The highest BCUT2D eigenvalue weighted by atomic mass is 16.5. The topological polar surface area (TPSA) is 88.3 Å². The van der Waals surface area contributed by atoms with Crippen molar-refractivity contribution in [3.63, 3.8) is 0 Å². The third kappa shape index (κ3) is 4.35. The minimum atomic E-state index is -0.944. The normalized spacial score (nSPS) is 11.7. The van der Waals surface area contributed by atoms with E-state index >= 15 is 0 Å². The number of amides is 1. The zero-order valence-electron chi connectivity index (χ0n) is 14.8.